The number of para-hydroxylation sites is 1. The average molecular weight is 521 g/mol. The van der Waals surface area contributed by atoms with Gasteiger partial charge in [0.15, 0.2) is 5.96 Å². The van der Waals surface area contributed by atoms with Gasteiger partial charge in [-0.1, -0.05) is 18.2 Å². The van der Waals surface area contributed by atoms with Crippen LogP contribution in [0.3, 0.4) is 0 Å². The van der Waals surface area contributed by atoms with Crippen molar-refractivity contribution >= 4 is 39.8 Å². The van der Waals surface area contributed by atoms with Gasteiger partial charge < -0.3 is 15.4 Å². The highest BCUT2D eigenvalue weighted by Crippen LogP contribution is 2.46. The van der Waals surface area contributed by atoms with E-state index in [1.807, 2.05) is 19.1 Å². The molecular weight excluding hydrogens is 489 g/mol. The van der Waals surface area contributed by atoms with E-state index in [0.29, 0.717) is 13.0 Å². The van der Waals surface area contributed by atoms with Crippen molar-refractivity contribution in [3.05, 3.63) is 29.8 Å². The molecule has 2 aliphatic rings. The van der Waals surface area contributed by atoms with Crippen molar-refractivity contribution in [2.24, 2.45) is 4.99 Å². The summed E-state index contributed by atoms with van der Waals surface area (Å²) in [6.07, 6.45) is 7.35. The number of aliphatic imine (C=N–C) groups is 1. The Morgan fingerprint density at radius 3 is 2.68 bits per heavy atom. The second kappa shape index (κ2) is 10.1. The molecule has 1 unspecified atom stereocenters. The summed E-state index contributed by atoms with van der Waals surface area (Å²) >= 11 is 0. The van der Waals surface area contributed by atoms with Gasteiger partial charge in [-0.3, -0.25) is 4.99 Å². The van der Waals surface area contributed by atoms with Crippen LogP contribution in [0.15, 0.2) is 29.3 Å². The van der Waals surface area contributed by atoms with Gasteiger partial charge in [0.1, 0.15) is 21.2 Å². The molecule has 1 spiro atoms. The summed E-state index contributed by atoms with van der Waals surface area (Å²) in [6, 6.07) is 8.37. The minimum Gasteiger partial charge on any atom is -0.487 e. The van der Waals surface area contributed by atoms with E-state index in [1.165, 1.54) is 19.1 Å². The number of fused-ring (bicyclic) bond motifs is 1. The number of halogens is 1. The molecule has 1 fully saturated rings. The Labute approximate surface area is 185 Å². The highest BCUT2D eigenvalue weighted by atomic mass is 127. The molecule has 8 heteroatoms. The van der Waals surface area contributed by atoms with Gasteiger partial charge in [0.2, 0.25) is 0 Å². The predicted molar refractivity (Wildman–Crippen MR) is 124 cm³/mol. The summed E-state index contributed by atoms with van der Waals surface area (Å²) in [6.45, 7) is 3.27. The molecule has 28 heavy (non-hydrogen) atoms. The molecule has 2 N–H and O–H groups in total. The molecule has 1 aliphatic heterocycles. The van der Waals surface area contributed by atoms with Gasteiger partial charge in [-0.15, -0.1) is 24.0 Å². The molecule has 1 atom stereocenters. The summed E-state index contributed by atoms with van der Waals surface area (Å²) in [4.78, 5) is 4.59. The van der Waals surface area contributed by atoms with Gasteiger partial charge in [-0.05, 0) is 45.1 Å². The summed E-state index contributed by atoms with van der Waals surface area (Å²) < 4.78 is 29.0. The standard InChI is InChI=1S/C20H31N3O3S.HI/c1-3-21-19(22-13-8-14-27(2,24)25)23-17-15-20(11-6-7-12-20)26-18-10-5-4-9-16(17)18;/h4-5,9-10,17H,3,6-8,11-15H2,1-2H3,(H2,21,22,23);1H. The number of rotatable bonds is 6. The first-order valence-corrected chi connectivity index (χ1v) is 12.0. The van der Waals surface area contributed by atoms with Crippen LogP contribution in [0.1, 0.15) is 57.1 Å². The third-order valence-electron chi connectivity index (χ3n) is 5.31. The third kappa shape index (κ3) is 6.23. The molecular formula is C20H32IN3O3S. The Balaban J connectivity index is 0.00000280. The molecule has 6 nitrogen and oxygen atoms in total. The second-order valence-electron chi connectivity index (χ2n) is 7.68. The Morgan fingerprint density at radius 1 is 1.29 bits per heavy atom. The van der Waals surface area contributed by atoms with Gasteiger partial charge in [-0.25, -0.2) is 8.42 Å². The lowest BCUT2D eigenvalue weighted by Crippen LogP contribution is -2.46. The van der Waals surface area contributed by atoms with Crippen LogP contribution in [0.25, 0.3) is 0 Å². The van der Waals surface area contributed by atoms with E-state index in [1.54, 1.807) is 0 Å². The summed E-state index contributed by atoms with van der Waals surface area (Å²) in [7, 11) is -2.94. The fraction of sp³-hybridized carbons (Fsp3) is 0.650. The van der Waals surface area contributed by atoms with E-state index >= 15 is 0 Å². The smallest absolute Gasteiger partial charge is 0.191 e. The van der Waals surface area contributed by atoms with E-state index in [2.05, 4.69) is 27.8 Å². The zero-order valence-electron chi connectivity index (χ0n) is 16.7. The lowest BCUT2D eigenvalue weighted by Gasteiger charge is -2.40. The molecule has 1 aromatic rings. The van der Waals surface area contributed by atoms with Gasteiger partial charge in [0, 0.05) is 31.3 Å². The first kappa shape index (κ1) is 23.3. The fourth-order valence-electron chi connectivity index (χ4n) is 4.08. The van der Waals surface area contributed by atoms with Crippen molar-refractivity contribution in [2.45, 2.75) is 57.1 Å². The normalized spacial score (nSPS) is 20.8. The van der Waals surface area contributed by atoms with Crippen LogP contribution >= 0.6 is 24.0 Å². The molecule has 0 aromatic heterocycles. The molecule has 0 bridgehead atoms. The third-order valence-corrected chi connectivity index (χ3v) is 6.34. The molecule has 1 aliphatic carbocycles. The number of hydrogen-bond acceptors (Lipinski definition) is 4. The van der Waals surface area contributed by atoms with E-state index in [-0.39, 0.29) is 41.4 Å². The van der Waals surface area contributed by atoms with Crippen molar-refractivity contribution in [3.63, 3.8) is 0 Å². The van der Waals surface area contributed by atoms with E-state index < -0.39 is 9.84 Å². The minimum atomic E-state index is -2.94. The maximum Gasteiger partial charge on any atom is 0.191 e. The number of nitrogens with zero attached hydrogens (tertiary/aromatic N) is 1. The quantitative estimate of drug-likeness (QED) is 0.260. The van der Waals surface area contributed by atoms with Crippen molar-refractivity contribution in [1.29, 1.82) is 0 Å². The van der Waals surface area contributed by atoms with Gasteiger partial charge in [-0.2, -0.15) is 0 Å². The molecule has 3 rings (SSSR count). The Kier molecular flexibility index (Phi) is 8.42. The SMILES string of the molecule is CCNC(=NCCCS(C)(=O)=O)NC1CC2(CCCC2)Oc2ccccc21.I. The molecule has 1 saturated carbocycles. The molecule has 1 heterocycles. The molecule has 158 valence electrons. The van der Waals surface area contributed by atoms with Crippen LogP contribution in [0, 0.1) is 0 Å². The summed E-state index contributed by atoms with van der Waals surface area (Å²) in [5.74, 6) is 1.87. The van der Waals surface area contributed by atoms with Crippen LogP contribution in [0.4, 0.5) is 0 Å². The molecule has 0 saturated heterocycles. The number of guanidine groups is 1. The van der Waals surface area contributed by atoms with Crippen LogP contribution in [-0.2, 0) is 9.84 Å². The number of benzene rings is 1. The van der Waals surface area contributed by atoms with Crippen molar-refractivity contribution in [3.8, 4) is 5.75 Å². The van der Waals surface area contributed by atoms with Crippen molar-refractivity contribution < 1.29 is 13.2 Å². The Bertz CT molecular complexity index is 777. The number of nitrogens with one attached hydrogen (secondary N) is 2. The highest BCUT2D eigenvalue weighted by Gasteiger charge is 2.43. The monoisotopic (exact) mass is 521 g/mol. The number of sulfone groups is 1. The zero-order chi connectivity index (χ0) is 19.3. The van der Waals surface area contributed by atoms with Gasteiger partial charge >= 0.3 is 0 Å². The second-order valence-corrected chi connectivity index (χ2v) is 9.93. The first-order chi connectivity index (χ1) is 12.9. The topological polar surface area (TPSA) is 79.8 Å². The number of ether oxygens (including phenoxy) is 1. The maximum atomic E-state index is 11.3. The Morgan fingerprint density at radius 2 is 2.00 bits per heavy atom. The Hall–Kier alpha value is -1.03. The zero-order valence-corrected chi connectivity index (χ0v) is 19.9. The van der Waals surface area contributed by atoms with Gasteiger partial charge in [0.25, 0.3) is 0 Å². The van der Waals surface area contributed by atoms with Crippen molar-refractivity contribution in [1.82, 2.24) is 10.6 Å². The van der Waals surface area contributed by atoms with Crippen LogP contribution in [0.5, 0.6) is 5.75 Å². The van der Waals surface area contributed by atoms with Crippen molar-refractivity contribution in [2.75, 3.05) is 25.1 Å². The highest BCUT2D eigenvalue weighted by molar-refractivity contribution is 14.0. The van der Waals surface area contributed by atoms with Gasteiger partial charge in [0.05, 0.1) is 11.8 Å². The fourth-order valence-corrected chi connectivity index (χ4v) is 4.73. The lowest BCUT2D eigenvalue weighted by atomic mass is 9.86. The van der Waals surface area contributed by atoms with E-state index in [4.69, 9.17) is 4.74 Å². The largest absolute Gasteiger partial charge is 0.487 e. The first-order valence-electron chi connectivity index (χ1n) is 9.91. The van der Waals surface area contributed by atoms with Crippen LogP contribution in [-0.4, -0.2) is 45.1 Å². The average Bonchev–Trinajstić information content (AvgIpc) is 3.05. The maximum absolute atomic E-state index is 11.3. The minimum absolute atomic E-state index is 0. The number of hydrogen-bond donors (Lipinski definition) is 2. The van der Waals surface area contributed by atoms with Crippen LogP contribution < -0.4 is 15.4 Å². The van der Waals surface area contributed by atoms with Crippen LogP contribution in [0.2, 0.25) is 0 Å². The summed E-state index contributed by atoms with van der Waals surface area (Å²) in [5.41, 5.74) is 1.09. The molecule has 0 radical (unpaired) electrons. The molecule has 0 amide bonds. The van der Waals surface area contributed by atoms with E-state index in [9.17, 15) is 8.42 Å². The predicted octanol–water partition coefficient (Wildman–Crippen LogP) is 3.43. The lowest BCUT2D eigenvalue weighted by molar-refractivity contribution is 0.0396. The molecule has 1 aromatic carbocycles. The van der Waals surface area contributed by atoms with E-state index in [0.717, 1.165) is 43.1 Å². The summed E-state index contributed by atoms with van der Waals surface area (Å²) in [5, 5.41) is 6.86.